The van der Waals surface area contributed by atoms with Gasteiger partial charge in [-0.3, -0.25) is 0 Å². The van der Waals surface area contributed by atoms with Crippen molar-refractivity contribution in [2.45, 2.75) is 33.6 Å². The van der Waals surface area contributed by atoms with Crippen LogP contribution in [0.2, 0.25) is 0 Å². The summed E-state index contributed by atoms with van der Waals surface area (Å²) < 4.78 is 41.4. The molecular formula is C19H19F3. The molecule has 0 aliphatic carbocycles. The average Bonchev–Trinajstić information content (AvgIpc) is 2.47. The smallest absolute Gasteiger partial charge is 0.162 e. The molecule has 0 bridgehead atoms. The van der Waals surface area contributed by atoms with Gasteiger partial charge >= 0.3 is 0 Å². The van der Waals surface area contributed by atoms with Gasteiger partial charge < -0.3 is 0 Å². The molecule has 2 rings (SSSR count). The zero-order valence-corrected chi connectivity index (χ0v) is 13.1. The van der Waals surface area contributed by atoms with Crippen molar-refractivity contribution in [1.82, 2.24) is 0 Å². The van der Waals surface area contributed by atoms with E-state index in [9.17, 15) is 13.2 Å². The summed E-state index contributed by atoms with van der Waals surface area (Å²) >= 11 is 0. The molecule has 0 fully saturated rings. The summed E-state index contributed by atoms with van der Waals surface area (Å²) in [4.78, 5) is 0. The molecule has 0 heterocycles. The number of hydrogen-bond acceptors (Lipinski definition) is 0. The predicted molar refractivity (Wildman–Crippen MR) is 84.3 cm³/mol. The normalized spacial score (nSPS) is 10.8. The lowest BCUT2D eigenvalue weighted by atomic mass is 9.96. The Labute approximate surface area is 129 Å². The third-order valence-corrected chi connectivity index (χ3v) is 3.90. The molecule has 0 aromatic heterocycles. The maximum atomic E-state index is 13.9. The first-order valence-corrected chi connectivity index (χ1v) is 7.19. The van der Waals surface area contributed by atoms with Gasteiger partial charge in [-0.25, -0.2) is 13.2 Å². The van der Waals surface area contributed by atoms with Crippen LogP contribution in [0.1, 0.15) is 34.7 Å². The summed E-state index contributed by atoms with van der Waals surface area (Å²) in [6.07, 6.45) is 0.762. The highest BCUT2D eigenvalue weighted by Crippen LogP contribution is 2.23. The van der Waals surface area contributed by atoms with Crippen molar-refractivity contribution in [3.63, 3.8) is 0 Å². The Kier molecular flexibility index (Phi) is 4.74. The summed E-state index contributed by atoms with van der Waals surface area (Å²) in [5, 5.41) is 0. The van der Waals surface area contributed by atoms with Gasteiger partial charge in [0.05, 0.1) is 0 Å². The van der Waals surface area contributed by atoms with E-state index in [4.69, 9.17) is 0 Å². The van der Waals surface area contributed by atoms with Crippen molar-refractivity contribution >= 4 is 5.57 Å². The predicted octanol–water partition coefficient (Wildman–Crippen LogP) is 5.54. The second-order valence-electron chi connectivity index (χ2n) is 5.70. The molecule has 0 N–H and O–H groups in total. The number of allylic oxidation sites excluding steroid dienone is 1. The lowest BCUT2D eigenvalue weighted by Gasteiger charge is -2.11. The minimum Gasteiger partial charge on any atom is -0.207 e. The molecule has 0 spiro atoms. The van der Waals surface area contributed by atoms with Crippen LogP contribution in [0.4, 0.5) is 13.2 Å². The molecule has 2 aromatic rings. The Morgan fingerprint density at radius 3 is 2.32 bits per heavy atom. The minimum absolute atomic E-state index is 0.284. The maximum Gasteiger partial charge on any atom is 0.162 e. The molecule has 0 saturated heterocycles. The highest BCUT2D eigenvalue weighted by molar-refractivity contribution is 5.65. The number of benzene rings is 2. The highest BCUT2D eigenvalue weighted by Gasteiger charge is 2.12. The van der Waals surface area contributed by atoms with E-state index >= 15 is 0 Å². The Morgan fingerprint density at radius 1 is 1.00 bits per heavy atom. The Balaban J connectivity index is 2.26. The number of rotatable bonds is 4. The molecular weight excluding hydrogens is 285 g/mol. The zero-order chi connectivity index (χ0) is 16.4. The van der Waals surface area contributed by atoms with Crippen LogP contribution in [-0.4, -0.2) is 0 Å². The van der Waals surface area contributed by atoms with Gasteiger partial charge in [-0.1, -0.05) is 30.4 Å². The van der Waals surface area contributed by atoms with Crippen LogP contribution in [0.3, 0.4) is 0 Å². The van der Waals surface area contributed by atoms with E-state index in [1.165, 1.54) is 13.0 Å². The number of hydrogen-bond donors (Lipinski definition) is 0. The van der Waals surface area contributed by atoms with E-state index in [2.05, 4.69) is 6.58 Å². The SMILES string of the molecule is C=C(C)c1cc(CCc2ccc(C)c(F)c2F)cc(F)c1C. The van der Waals surface area contributed by atoms with Crippen molar-refractivity contribution in [3.8, 4) is 0 Å². The Bertz CT molecular complexity index is 730. The second-order valence-corrected chi connectivity index (χ2v) is 5.70. The van der Waals surface area contributed by atoms with Crippen LogP contribution in [0.5, 0.6) is 0 Å². The summed E-state index contributed by atoms with van der Waals surface area (Å²) in [5.41, 5.74) is 3.45. The maximum absolute atomic E-state index is 13.9. The standard InChI is InChI=1S/C19H19F3/c1-11(2)16-9-14(10-17(20)13(16)4)6-8-15-7-5-12(3)18(21)19(15)22/h5,7,9-10H,1,6,8H2,2-4H3. The first-order valence-electron chi connectivity index (χ1n) is 7.19. The fourth-order valence-corrected chi connectivity index (χ4v) is 2.48. The van der Waals surface area contributed by atoms with Gasteiger partial charge in [0.25, 0.3) is 0 Å². The third kappa shape index (κ3) is 3.24. The van der Waals surface area contributed by atoms with Gasteiger partial charge in [0.1, 0.15) is 5.82 Å². The minimum atomic E-state index is -0.812. The molecule has 0 aliphatic rings. The monoisotopic (exact) mass is 304 g/mol. The van der Waals surface area contributed by atoms with Gasteiger partial charge in [-0.05, 0) is 67.5 Å². The molecule has 0 nitrogen and oxygen atoms in total. The molecule has 0 amide bonds. The van der Waals surface area contributed by atoms with Crippen molar-refractivity contribution in [1.29, 1.82) is 0 Å². The van der Waals surface area contributed by atoms with Crippen LogP contribution in [0.15, 0.2) is 30.8 Å². The van der Waals surface area contributed by atoms with E-state index in [-0.39, 0.29) is 11.4 Å². The van der Waals surface area contributed by atoms with Gasteiger partial charge in [-0.15, -0.1) is 0 Å². The first-order chi connectivity index (χ1) is 10.3. The molecule has 3 heteroatoms. The fraction of sp³-hybridized carbons (Fsp3) is 0.263. The van der Waals surface area contributed by atoms with Crippen LogP contribution in [-0.2, 0) is 12.8 Å². The van der Waals surface area contributed by atoms with Crippen molar-refractivity contribution in [2.24, 2.45) is 0 Å². The Morgan fingerprint density at radius 2 is 1.68 bits per heavy atom. The molecule has 2 aromatic carbocycles. The largest absolute Gasteiger partial charge is 0.207 e. The molecule has 0 unspecified atom stereocenters. The Hall–Kier alpha value is -2.03. The van der Waals surface area contributed by atoms with E-state index in [0.29, 0.717) is 24.0 Å². The van der Waals surface area contributed by atoms with Crippen LogP contribution in [0, 0.1) is 31.3 Å². The molecule has 0 radical (unpaired) electrons. The van der Waals surface area contributed by atoms with Crippen LogP contribution < -0.4 is 0 Å². The van der Waals surface area contributed by atoms with Crippen molar-refractivity contribution in [2.75, 3.05) is 0 Å². The van der Waals surface area contributed by atoms with Gasteiger partial charge in [0.2, 0.25) is 0 Å². The zero-order valence-electron chi connectivity index (χ0n) is 13.1. The van der Waals surface area contributed by atoms with E-state index in [1.807, 2.05) is 13.0 Å². The van der Waals surface area contributed by atoms with E-state index in [0.717, 1.165) is 16.7 Å². The molecule has 0 saturated carbocycles. The van der Waals surface area contributed by atoms with Crippen LogP contribution in [0.25, 0.3) is 5.57 Å². The average molecular weight is 304 g/mol. The molecule has 0 aliphatic heterocycles. The quantitative estimate of drug-likeness (QED) is 0.696. The first kappa shape index (κ1) is 16.3. The van der Waals surface area contributed by atoms with Gasteiger partial charge in [0, 0.05) is 0 Å². The van der Waals surface area contributed by atoms with Crippen LogP contribution >= 0.6 is 0 Å². The van der Waals surface area contributed by atoms with Crippen molar-refractivity contribution in [3.05, 3.63) is 76.1 Å². The topological polar surface area (TPSA) is 0 Å². The number of halogens is 3. The third-order valence-electron chi connectivity index (χ3n) is 3.90. The fourth-order valence-electron chi connectivity index (χ4n) is 2.48. The van der Waals surface area contributed by atoms with E-state index in [1.54, 1.807) is 19.1 Å². The summed E-state index contributed by atoms with van der Waals surface area (Å²) in [7, 11) is 0. The number of aryl methyl sites for hydroxylation is 3. The second kappa shape index (κ2) is 6.39. The summed E-state index contributed by atoms with van der Waals surface area (Å²) in [6, 6.07) is 6.45. The van der Waals surface area contributed by atoms with Gasteiger partial charge in [0.15, 0.2) is 11.6 Å². The molecule has 116 valence electrons. The summed E-state index contributed by atoms with van der Waals surface area (Å²) in [6.45, 7) is 8.90. The molecule has 0 atom stereocenters. The lowest BCUT2D eigenvalue weighted by Crippen LogP contribution is -2.01. The highest BCUT2D eigenvalue weighted by atomic mass is 19.2. The lowest BCUT2D eigenvalue weighted by molar-refractivity contribution is 0.493. The van der Waals surface area contributed by atoms with Crippen molar-refractivity contribution < 1.29 is 13.2 Å². The summed E-state index contributed by atoms with van der Waals surface area (Å²) in [5.74, 6) is -1.92. The van der Waals surface area contributed by atoms with E-state index < -0.39 is 11.6 Å². The van der Waals surface area contributed by atoms with Gasteiger partial charge in [-0.2, -0.15) is 0 Å². The molecule has 22 heavy (non-hydrogen) atoms.